The van der Waals surface area contributed by atoms with Gasteiger partial charge in [-0.3, -0.25) is 5.41 Å². The zero-order chi connectivity index (χ0) is 13.8. The molecule has 2 nitrogen and oxygen atoms in total. The molecule has 0 aliphatic carbocycles. The van der Waals surface area contributed by atoms with Crippen molar-refractivity contribution in [3.63, 3.8) is 0 Å². The molecule has 0 aliphatic rings. The van der Waals surface area contributed by atoms with Crippen LogP contribution in [0.3, 0.4) is 0 Å². The Kier molecular flexibility index (Phi) is 4.75. The average molecular weight is 311 g/mol. The first-order valence-electron chi connectivity index (χ1n) is 5.58. The van der Waals surface area contributed by atoms with Gasteiger partial charge >= 0.3 is 0 Å². The Hall–Kier alpha value is -1.16. The largest absolute Gasteiger partial charge is 0.384 e. The van der Waals surface area contributed by atoms with Gasteiger partial charge in [0.1, 0.15) is 5.84 Å². The number of nitrogen functional groups attached to an aromatic ring is 1. The van der Waals surface area contributed by atoms with Gasteiger partial charge in [-0.15, -0.1) is 11.8 Å². The van der Waals surface area contributed by atoms with Crippen LogP contribution in [0.15, 0.2) is 47.4 Å². The summed E-state index contributed by atoms with van der Waals surface area (Å²) in [6.07, 6.45) is 0. The average Bonchev–Trinajstić information content (AvgIpc) is 2.37. The highest BCUT2D eigenvalue weighted by molar-refractivity contribution is 7.98. The second-order valence-electron chi connectivity index (χ2n) is 3.93. The molecule has 2 aromatic rings. The maximum absolute atomic E-state index is 7.57. The van der Waals surface area contributed by atoms with Crippen molar-refractivity contribution >= 4 is 40.8 Å². The standard InChI is InChI=1S/C14H12Cl2N2S/c15-10-5-6-11(14(17)18)13(7-10)19-8-9-3-1-2-4-12(9)16/h1-7H,8H2,(H3,17,18). The SMILES string of the molecule is N=C(N)c1ccc(Cl)cc1SCc1ccccc1Cl. The predicted molar refractivity (Wildman–Crippen MR) is 83.5 cm³/mol. The molecule has 0 spiro atoms. The van der Waals surface area contributed by atoms with E-state index < -0.39 is 0 Å². The van der Waals surface area contributed by atoms with Crippen LogP contribution in [0.5, 0.6) is 0 Å². The van der Waals surface area contributed by atoms with Gasteiger partial charge in [0.05, 0.1) is 0 Å². The smallest absolute Gasteiger partial charge is 0.123 e. The highest BCUT2D eigenvalue weighted by atomic mass is 35.5. The molecule has 5 heteroatoms. The van der Waals surface area contributed by atoms with Crippen LogP contribution in [0.2, 0.25) is 10.0 Å². The Morgan fingerprint density at radius 1 is 1.16 bits per heavy atom. The van der Waals surface area contributed by atoms with Crippen LogP contribution in [-0.4, -0.2) is 5.84 Å². The van der Waals surface area contributed by atoms with E-state index in [0.29, 0.717) is 16.3 Å². The number of hydrogen-bond donors (Lipinski definition) is 2. The van der Waals surface area contributed by atoms with Crippen molar-refractivity contribution in [3.8, 4) is 0 Å². The Morgan fingerprint density at radius 3 is 2.58 bits per heavy atom. The minimum atomic E-state index is 0.0401. The first-order valence-corrected chi connectivity index (χ1v) is 7.32. The second-order valence-corrected chi connectivity index (χ2v) is 5.80. The molecule has 19 heavy (non-hydrogen) atoms. The topological polar surface area (TPSA) is 49.9 Å². The number of rotatable bonds is 4. The first kappa shape index (κ1) is 14.3. The van der Waals surface area contributed by atoms with Crippen LogP contribution in [0.1, 0.15) is 11.1 Å². The lowest BCUT2D eigenvalue weighted by Gasteiger charge is -2.09. The molecule has 0 bridgehead atoms. The van der Waals surface area contributed by atoms with Crippen LogP contribution >= 0.6 is 35.0 Å². The third kappa shape index (κ3) is 3.66. The summed E-state index contributed by atoms with van der Waals surface area (Å²) in [5, 5.41) is 8.94. The molecule has 0 aliphatic heterocycles. The van der Waals surface area contributed by atoms with Crippen molar-refractivity contribution < 1.29 is 0 Å². The summed E-state index contributed by atoms with van der Waals surface area (Å²) in [6.45, 7) is 0. The fourth-order valence-electron chi connectivity index (χ4n) is 1.61. The number of benzene rings is 2. The maximum atomic E-state index is 7.57. The van der Waals surface area contributed by atoms with Crippen LogP contribution < -0.4 is 5.73 Å². The minimum absolute atomic E-state index is 0.0401. The Labute approximate surface area is 126 Å². The lowest BCUT2D eigenvalue weighted by Crippen LogP contribution is -2.12. The number of nitrogens with one attached hydrogen (secondary N) is 1. The van der Waals surface area contributed by atoms with Crippen molar-refractivity contribution in [2.24, 2.45) is 5.73 Å². The van der Waals surface area contributed by atoms with E-state index in [-0.39, 0.29) is 5.84 Å². The van der Waals surface area contributed by atoms with Gasteiger partial charge in [-0.25, -0.2) is 0 Å². The van der Waals surface area contributed by atoms with E-state index in [1.807, 2.05) is 30.3 Å². The number of hydrogen-bond acceptors (Lipinski definition) is 2. The molecule has 0 fully saturated rings. The lowest BCUT2D eigenvalue weighted by molar-refractivity contribution is 1.32. The normalized spacial score (nSPS) is 10.4. The summed E-state index contributed by atoms with van der Waals surface area (Å²) in [6, 6.07) is 13.0. The summed E-state index contributed by atoms with van der Waals surface area (Å²) >= 11 is 13.7. The van der Waals surface area contributed by atoms with Crippen molar-refractivity contribution in [1.29, 1.82) is 5.41 Å². The molecule has 0 amide bonds. The van der Waals surface area contributed by atoms with Gasteiger partial charge in [-0.2, -0.15) is 0 Å². The van der Waals surface area contributed by atoms with E-state index in [4.69, 9.17) is 34.3 Å². The van der Waals surface area contributed by atoms with Crippen LogP contribution in [0, 0.1) is 5.41 Å². The fraction of sp³-hybridized carbons (Fsp3) is 0.0714. The van der Waals surface area contributed by atoms with Gasteiger partial charge in [0.25, 0.3) is 0 Å². The van der Waals surface area contributed by atoms with Gasteiger partial charge in [0, 0.05) is 26.3 Å². The van der Waals surface area contributed by atoms with Crippen molar-refractivity contribution in [2.45, 2.75) is 10.6 Å². The molecule has 0 aromatic heterocycles. The van der Waals surface area contributed by atoms with Gasteiger partial charge in [-0.05, 0) is 29.8 Å². The Bertz CT molecular complexity index is 614. The van der Waals surface area contributed by atoms with E-state index in [0.717, 1.165) is 15.5 Å². The second kappa shape index (κ2) is 6.33. The molecule has 0 atom stereocenters. The summed E-state index contributed by atoms with van der Waals surface area (Å²) < 4.78 is 0. The maximum Gasteiger partial charge on any atom is 0.123 e. The molecule has 0 saturated carbocycles. The van der Waals surface area contributed by atoms with Crippen molar-refractivity contribution in [3.05, 3.63) is 63.6 Å². The number of amidine groups is 1. The van der Waals surface area contributed by atoms with Crippen LogP contribution in [0.4, 0.5) is 0 Å². The van der Waals surface area contributed by atoms with E-state index in [9.17, 15) is 0 Å². The lowest BCUT2D eigenvalue weighted by atomic mass is 10.2. The molecular weight excluding hydrogens is 299 g/mol. The molecule has 2 rings (SSSR count). The van der Waals surface area contributed by atoms with Crippen molar-refractivity contribution in [2.75, 3.05) is 0 Å². The molecule has 3 N–H and O–H groups in total. The van der Waals surface area contributed by atoms with Gasteiger partial charge in [0.15, 0.2) is 0 Å². The van der Waals surface area contributed by atoms with E-state index in [1.165, 1.54) is 0 Å². The monoisotopic (exact) mass is 310 g/mol. The zero-order valence-corrected chi connectivity index (χ0v) is 12.3. The summed E-state index contributed by atoms with van der Waals surface area (Å²) in [4.78, 5) is 0.889. The van der Waals surface area contributed by atoms with Gasteiger partial charge in [0.2, 0.25) is 0 Å². The van der Waals surface area contributed by atoms with Crippen molar-refractivity contribution in [1.82, 2.24) is 0 Å². The molecule has 0 unspecified atom stereocenters. The summed E-state index contributed by atoms with van der Waals surface area (Å²) in [7, 11) is 0. The number of halogens is 2. The predicted octanol–water partition coefficient (Wildman–Crippen LogP) is 4.57. The number of nitrogens with two attached hydrogens (primary N) is 1. The minimum Gasteiger partial charge on any atom is -0.384 e. The summed E-state index contributed by atoms with van der Waals surface area (Å²) in [5.41, 5.74) is 7.31. The highest BCUT2D eigenvalue weighted by Gasteiger charge is 2.08. The third-order valence-electron chi connectivity index (χ3n) is 2.57. The zero-order valence-electron chi connectivity index (χ0n) is 9.99. The Balaban J connectivity index is 2.22. The van der Waals surface area contributed by atoms with E-state index in [2.05, 4.69) is 0 Å². The third-order valence-corrected chi connectivity index (χ3v) is 4.28. The molecule has 0 saturated heterocycles. The Morgan fingerprint density at radius 2 is 1.89 bits per heavy atom. The van der Waals surface area contributed by atoms with E-state index in [1.54, 1.807) is 23.9 Å². The molecule has 98 valence electrons. The molecule has 0 heterocycles. The molecular formula is C14H12Cl2N2S. The first-order chi connectivity index (χ1) is 9.08. The molecule has 2 aromatic carbocycles. The highest BCUT2D eigenvalue weighted by Crippen LogP contribution is 2.30. The summed E-state index contributed by atoms with van der Waals surface area (Å²) in [5.74, 6) is 0.749. The van der Waals surface area contributed by atoms with E-state index >= 15 is 0 Å². The van der Waals surface area contributed by atoms with Crippen LogP contribution in [-0.2, 0) is 5.75 Å². The van der Waals surface area contributed by atoms with Gasteiger partial charge in [-0.1, -0.05) is 41.4 Å². The quantitative estimate of drug-likeness (QED) is 0.494. The fourth-order valence-corrected chi connectivity index (χ4v) is 3.23. The molecule has 0 radical (unpaired) electrons. The van der Waals surface area contributed by atoms with Crippen LogP contribution in [0.25, 0.3) is 0 Å². The number of thioether (sulfide) groups is 1. The van der Waals surface area contributed by atoms with Gasteiger partial charge < -0.3 is 5.73 Å².